The van der Waals surface area contributed by atoms with Crippen molar-refractivity contribution in [2.45, 2.75) is 323 Å². The minimum Gasteiger partial charge on any atom is -0.463 e. The molecule has 0 spiro atoms. The summed E-state index contributed by atoms with van der Waals surface area (Å²) >= 11 is 0. The highest BCUT2D eigenvalue weighted by Gasteiger charge is 2.62. The molecule has 466 valence electrons. The molecule has 0 bridgehead atoms. The fourth-order valence-corrected chi connectivity index (χ4v) is 10.6. The van der Waals surface area contributed by atoms with Crippen LogP contribution in [0, 0.1) is 5.92 Å². The smallest absolute Gasteiger partial charge is 0.306 e. The van der Waals surface area contributed by atoms with Crippen LogP contribution in [-0.2, 0) is 95.3 Å². The summed E-state index contributed by atoms with van der Waals surface area (Å²) in [5.41, 5.74) is 0. The first kappa shape index (κ1) is 72.3. The van der Waals surface area contributed by atoms with Gasteiger partial charge in [0.2, 0.25) is 0 Å². The third-order valence-corrected chi connectivity index (χ3v) is 14.5. The van der Waals surface area contributed by atoms with E-state index in [-0.39, 0.29) is 12.8 Å². The Kier molecular flexibility index (Phi) is 37.5. The van der Waals surface area contributed by atoms with Crippen LogP contribution in [0.25, 0.3) is 0 Å². The summed E-state index contributed by atoms with van der Waals surface area (Å²) in [5.74, 6) is -7.39. The summed E-state index contributed by atoms with van der Waals surface area (Å²) in [7, 11) is 0. The van der Waals surface area contributed by atoms with Crippen molar-refractivity contribution in [1.29, 1.82) is 0 Å². The van der Waals surface area contributed by atoms with Crippen LogP contribution in [0.15, 0.2) is 0 Å². The van der Waals surface area contributed by atoms with Gasteiger partial charge in [-0.1, -0.05) is 181 Å². The van der Waals surface area contributed by atoms with Gasteiger partial charge in [-0.3, -0.25) is 43.2 Å². The third kappa shape index (κ3) is 30.9. The molecule has 0 radical (unpaired) electrons. The van der Waals surface area contributed by atoms with Gasteiger partial charge in [-0.25, -0.2) is 0 Å². The molecule has 1 aliphatic heterocycles. The average Bonchev–Trinajstić information content (AvgIpc) is 3.38. The highest BCUT2D eigenvalue weighted by atomic mass is 16.8. The minimum atomic E-state index is -1.97. The quantitative estimate of drug-likeness (QED) is 0.0313. The first-order valence-electron chi connectivity index (χ1n) is 30.5. The lowest BCUT2D eigenvalue weighted by atomic mass is 9.83. The predicted octanol–water partition coefficient (Wildman–Crippen LogP) is 11.1. The van der Waals surface area contributed by atoms with Crippen molar-refractivity contribution in [2.24, 2.45) is 5.92 Å². The fourth-order valence-electron chi connectivity index (χ4n) is 10.6. The molecule has 2 fully saturated rings. The van der Waals surface area contributed by atoms with E-state index in [0.29, 0.717) is 12.8 Å². The first-order valence-corrected chi connectivity index (χ1v) is 30.5. The topological polar surface area (TPSA) is 255 Å². The highest BCUT2D eigenvalue weighted by molar-refractivity contribution is 5.72. The van der Waals surface area contributed by atoms with E-state index >= 15 is 0 Å². The van der Waals surface area contributed by atoms with E-state index in [4.69, 9.17) is 52.1 Å². The van der Waals surface area contributed by atoms with Crippen LogP contribution in [0.4, 0.5) is 0 Å². The Balaban J connectivity index is 2.45. The Morgan fingerprint density at radius 2 is 0.617 bits per heavy atom. The van der Waals surface area contributed by atoms with Gasteiger partial charge in [0, 0.05) is 61.3 Å². The number of hydrogen-bond acceptors (Lipinski definition) is 20. The van der Waals surface area contributed by atoms with E-state index in [2.05, 4.69) is 20.8 Å². The zero-order chi connectivity index (χ0) is 60.1. The van der Waals surface area contributed by atoms with Crippen molar-refractivity contribution in [3.05, 3.63) is 0 Å². The average molecular weight is 1160 g/mol. The molecule has 81 heavy (non-hydrogen) atoms. The zero-order valence-corrected chi connectivity index (χ0v) is 50.8. The summed E-state index contributed by atoms with van der Waals surface area (Å²) < 4.78 is 64.3. The van der Waals surface area contributed by atoms with Crippen LogP contribution < -0.4 is 0 Å². The molecule has 20 nitrogen and oxygen atoms in total. The second-order valence-electron chi connectivity index (χ2n) is 22.1. The molecule has 2 aliphatic rings. The van der Waals surface area contributed by atoms with E-state index in [1.54, 1.807) is 0 Å². The van der Waals surface area contributed by atoms with E-state index in [1.807, 2.05) is 0 Å². The monoisotopic (exact) mass is 1150 g/mol. The molecule has 12 atom stereocenters. The summed E-state index contributed by atoms with van der Waals surface area (Å²) in [6, 6.07) is 0. The van der Waals surface area contributed by atoms with Crippen molar-refractivity contribution in [3.63, 3.8) is 0 Å². The van der Waals surface area contributed by atoms with E-state index in [1.165, 1.54) is 96.3 Å². The summed E-state index contributed by atoms with van der Waals surface area (Å²) in [6.45, 7) is 13.3. The molecule has 0 aromatic heterocycles. The Hall–Kier alpha value is -4.85. The normalized spacial score (nSPS) is 23.7. The molecule has 1 aliphatic carbocycles. The van der Waals surface area contributed by atoms with Gasteiger partial charge in [0.05, 0.1) is 0 Å². The van der Waals surface area contributed by atoms with Crippen LogP contribution in [0.1, 0.15) is 255 Å². The molecule has 1 saturated heterocycles. The molecule has 3 unspecified atom stereocenters. The Morgan fingerprint density at radius 3 is 0.975 bits per heavy atom. The lowest BCUT2D eigenvalue weighted by Gasteiger charge is -2.50. The number of esters is 9. The summed E-state index contributed by atoms with van der Waals surface area (Å²) in [5, 5.41) is 0. The number of carbonyl (C=O) groups is 9. The van der Waals surface area contributed by atoms with Gasteiger partial charge in [-0.05, 0) is 18.8 Å². The lowest BCUT2D eigenvalue weighted by Crippen LogP contribution is -2.70. The SMILES string of the molecule is CCCCCCCCCCCCCCCCC(=O)O[C@H]1[C@H](OC(C)=O)[C@H](OC(C)=O)[C@@H](OC2[C@@H](OC(C)=O)[C@H](OC(C)=O)C(OC(C)=O)[C@H](OC(C)=O)[C@H]2OC(C)=O)O[C@@H]1COC(=O)CCCCCCCCCC(C)CCCCCC. The van der Waals surface area contributed by atoms with Crippen LogP contribution in [0.2, 0.25) is 0 Å². The Bertz CT molecular complexity index is 1830. The van der Waals surface area contributed by atoms with Gasteiger partial charge in [0.25, 0.3) is 0 Å². The largest absolute Gasteiger partial charge is 0.463 e. The summed E-state index contributed by atoms with van der Waals surface area (Å²) in [6.07, 6.45) is 10.2. The van der Waals surface area contributed by atoms with Crippen LogP contribution in [-0.4, -0.2) is 128 Å². The predicted molar refractivity (Wildman–Crippen MR) is 298 cm³/mol. The van der Waals surface area contributed by atoms with Gasteiger partial charge in [0.1, 0.15) is 18.8 Å². The zero-order valence-electron chi connectivity index (χ0n) is 50.8. The van der Waals surface area contributed by atoms with Gasteiger partial charge in [0.15, 0.2) is 55.1 Å². The molecular formula is C61H102O20. The third-order valence-electron chi connectivity index (χ3n) is 14.5. The number of unbranched alkanes of at least 4 members (excludes halogenated alkanes) is 22. The van der Waals surface area contributed by atoms with Crippen LogP contribution in [0.5, 0.6) is 0 Å². The first-order chi connectivity index (χ1) is 38.7. The maximum atomic E-state index is 13.8. The van der Waals surface area contributed by atoms with Gasteiger partial charge in [-0.2, -0.15) is 0 Å². The van der Waals surface area contributed by atoms with Crippen molar-refractivity contribution >= 4 is 53.7 Å². The maximum Gasteiger partial charge on any atom is 0.306 e. The summed E-state index contributed by atoms with van der Waals surface area (Å²) in [4.78, 5) is 117. The fraction of sp³-hybridized carbons (Fsp3) is 0.852. The minimum absolute atomic E-state index is 0.0426. The second kappa shape index (κ2) is 42.0. The standard InChI is InChI=1S/C61H102O20/c1-11-13-15-17-18-19-20-21-22-23-24-27-31-35-39-51(70)80-52-49(40-71-50(69)38-34-30-28-25-26-29-33-37-41(3)36-32-16-14-12-2)79-61(60(78-48(10)68)53(52)72-42(4)62)81-59-57(76-46(8)66)55(74-44(6)64)54(73-43(5)63)56(75-45(7)65)58(59)77-47(9)67/h41,49,52-61H,11-40H2,1-10H3/t41?,49-,52-,53+,54?,55-,56+,57+,58-,59?,60+,61-/m1/s1. The number of ether oxygens (including phenoxy) is 11. The van der Waals surface area contributed by atoms with E-state index in [9.17, 15) is 43.2 Å². The lowest BCUT2D eigenvalue weighted by molar-refractivity contribution is -0.343. The number of carbonyl (C=O) groups excluding carboxylic acids is 9. The molecule has 0 N–H and O–H groups in total. The molecule has 0 aromatic rings. The molecule has 0 amide bonds. The maximum absolute atomic E-state index is 13.8. The van der Waals surface area contributed by atoms with Crippen molar-refractivity contribution < 1.29 is 95.3 Å². The molecule has 0 aromatic carbocycles. The van der Waals surface area contributed by atoms with Crippen molar-refractivity contribution in [1.82, 2.24) is 0 Å². The van der Waals surface area contributed by atoms with Crippen molar-refractivity contribution in [3.8, 4) is 0 Å². The molecular weight excluding hydrogens is 1050 g/mol. The van der Waals surface area contributed by atoms with Gasteiger partial charge >= 0.3 is 53.7 Å². The van der Waals surface area contributed by atoms with Crippen LogP contribution >= 0.6 is 0 Å². The number of hydrogen-bond donors (Lipinski definition) is 0. The molecule has 1 saturated carbocycles. The Labute approximate surface area is 482 Å². The molecule has 20 heteroatoms. The van der Waals surface area contributed by atoms with Gasteiger partial charge < -0.3 is 52.1 Å². The second-order valence-corrected chi connectivity index (χ2v) is 22.1. The van der Waals surface area contributed by atoms with Crippen LogP contribution in [0.3, 0.4) is 0 Å². The number of rotatable bonds is 42. The Morgan fingerprint density at radius 1 is 0.333 bits per heavy atom. The van der Waals surface area contributed by atoms with Gasteiger partial charge in [-0.15, -0.1) is 0 Å². The van der Waals surface area contributed by atoms with E-state index < -0.39 is 128 Å². The molecule has 1 heterocycles. The highest BCUT2D eigenvalue weighted by Crippen LogP contribution is 2.38. The molecule has 2 rings (SSSR count). The van der Waals surface area contributed by atoms with E-state index in [0.717, 1.165) is 119 Å². The van der Waals surface area contributed by atoms with Crippen molar-refractivity contribution in [2.75, 3.05) is 6.61 Å².